The molecule has 1 aliphatic rings. The molecular formula is C16H14N4O5. The van der Waals surface area contributed by atoms with Crippen LogP contribution in [0, 0.1) is 10.1 Å². The van der Waals surface area contributed by atoms with Gasteiger partial charge in [-0.3, -0.25) is 30.0 Å². The standard InChI is InChI=1S/C16H14N4O5/c1-10(21)18-15(22)16(13-7-2-3-8-17-13)9-25-12-6-4-5-11(20(23)24)14(12)19-16/h2-8,19H,9H2,1H3,(H,18,21,22). The Morgan fingerprint density at radius 3 is 2.76 bits per heavy atom. The van der Waals surface area contributed by atoms with Crippen molar-refractivity contribution in [1.29, 1.82) is 0 Å². The van der Waals surface area contributed by atoms with Crippen molar-refractivity contribution in [2.45, 2.75) is 12.5 Å². The summed E-state index contributed by atoms with van der Waals surface area (Å²) in [6.45, 7) is 1.02. The van der Waals surface area contributed by atoms with Gasteiger partial charge in [0, 0.05) is 19.2 Å². The van der Waals surface area contributed by atoms with Crippen LogP contribution in [-0.4, -0.2) is 28.3 Å². The molecule has 1 aromatic heterocycles. The van der Waals surface area contributed by atoms with Crippen LogP contribution in [0.2, 0.25) is 0 Å². The molecule has 1 unspecified atom stereocenters. The molecule has 25 heavy (non-hydrogen) atoms. The minimum absolute atomic E-state index is 0.0584. The largest absolute Gasteiger partial charge is 0.488 e. The van der Waals surface area contributed by atoms with Gasteiger partial charge in [0.05, 0.1) is 10.6 Å². The van der Waals surface area contributed by atoms with Gasteiger partial charge in [0.2, 0.25) is 5.91 Å². The number of hydrogen-bond acceptors (Lipinski definition) is 7. The molecule has 3 rings (SSSR count). The normalized spacial score (nSPS) is 18.3. The van der Waals surface area contributed by atoms with Gasteiger partial charge in [0.15, 0.2) is 11.2 Å². The van der Waals surface area contributed by atoms with Gasteiger partial charge in [-0.1, -0.05) is 12.1 Å². The predicted molar refractivity (Wildman–Crippen MR) is 87.0 cm³/mol. The molecule has 0 spiro atoms. The van der Waals surface area contributed by atoms with E-state index in [2.05, 4.69) is 15.6 Å². The number of carbonyl (C=O) groups is 2. The van der Waals surface area contributed by atoms with Crippen LogP contribution in [0.25, 0.3) is 0 Å². The van der Waals surface area contributed by atoms with Gasteiger partial charge < -0.3 is 10.1 Å². The third-order valence-corrected chi connectivity index (χ3v) is 3.76. The fourth-order valence-electron chi connectivity index (χ4n) is 2.61. The molecule has 1 aromatic carbocycles. The van der Waals surface area contributed by atoms with Gasteiger partial charge in [-0.25, -0.2) is 0 Å². The average molecular weight is 342 g/mol. The van der Waals surface area contributed by atoms with E-state index in [9.17, 15) is 19.7 Å². The third-order valence-electron chi connectivity index (χ3n) is 3.76. The lowest BCUT2D eigenvalue weighted by Gasteiger charge is -2.37. The van der Waals surface area contributed by atoms with Crippen LogP contribution >= 0.6 is 0 Å². The molecule has 0 bridgehead atoms. The average Bonchev–Trinajstić information content (AvgIpc) is 2.60. The molecule has 1 atom stereocenters. The molecule has 0 saturated heterocycles. The Balaban J connectivity index is 2.14. The Bertz CT molecular complexity index is 855. The maximum absolute atomic E-state index is 12.7. The molecule has 0 fully saturated rings. The lowest BCUT2D eigenvalue weighted by Crippen LogP contribution is -2.56. The summed E-state index contributed by atoms with van der Waals surface area (Å²) in [4.78, 5) is 39.0. The fraction of sp³-hybridized carbons (Fsp3) is 0.188. The molecule has 2 heterocycles. The fourth-order valence-corrected chi connectivity index (χ4v) is 2.61. The minimum atomic E-state index is -1.58. The topological polar surface area (TPSA) is 123 Å². The predicted octanol–water partition coefficient (Wildman–Crippen LogP) is 1.35. The highest BCUT2D eigenvalue weighted by Gasteiger charge is 2.47. The van der Waals surface area contributed by atoms with E-state index >= 15 is 0 Å². The number of nitro benzene ring substituents is 1. The summed E-state index contributed by atoms with van der Waals surface area (Å²) in [5.74, 6) is -1.02. The van der Waals surface area contributed by atoms with Crippen LogP contribution < -0.4 is 15.4 Å². The Morgan fingerprint density at radius 1 is 1.32 bits per heavy atom. The summed E-state index contributed by atoms with van der Waals surface area (Å²) in [5, 5.41) is 16.4. The van der Waals surface area contributed by atoms with E-state index in [-0.39, 0.29) is 29.4 Å². The highest BCUT2D eigenvalue weighted by molar-refractivity contribution is 6.02. The monoisotopic (exact) mass is 342 g/mol. The second kappa shape index (κ2) is 6.19. The maximum Gasteiger partial charge on any atom is 0.296 e. The second-order valence-corrected chi connectivity index (χ2v) is 5.45. The summed E-state index contributed by atoms with van der Waals surface area (Å²) in [6.07, 6.45) is 1.48. The van der Waals surface area contributed by atoms with Crippen molar-refractivity contribution >= 4 is 23.2 Å². The first-order valence-electron chi connectivity index (χ1n) is 7.36. The van der Waals surface area contributed by atoms with Gasteiger partial charge in [-0.05, 0) is 18.2 Å². The number of nitrogens with zero attached hydrogens (tertiary/aromatic N) is 2. The number of amides is 2. The summed E-state index contributed by atoms with van der Waals surface area (Å²) in [6, 6.07) is 9.26. The molecule has 128 valence electrons. The Kier molecular flexibility index (Phi) is 4.05. The lowest BCUT2D eigenvalue weighted by molar-refractivity contribution is -0.384. The number of anilines is 1. The summed E-state index contributed by atoms with van der Waals surface area (Å²) >= 11 is 0. The van der Waals surface area contributed by atoms with E-state index < -0.39 is 22.3 Å². The zero-order valence-electron chi connectivity index (χ0n) is 13.2. The number of benzene rings is 1. The lowest BCUT2D eigenvalue weighted by atomic mass is 9.91. The van der Waals surface area contributed by atoms with Gasteiger partial charge >= 0.3 is 0 Å². The summed E-state index contributed by atoms with van der Waals surface area (Å²) in [7, 11) is 0. The number of nitrogens with one attached hydrogen (secondary N) is 2. The number of fused-ring (bicyclic) bond motifs is 1. The van der Waals surface area contributed by atoms with E-state index in [0.717, 1.165) is 0 Å². The summed E-state index contributed by atoms with van der Waals surface area (Å²) < 4.78 is 5.61. The van der Waals surface area contributed by atoms with Crippen LogP contribution in [0.5, 0.6) is 5.75 Å². The number of imide groups is 1. The van der Waals surface area contributed by atoms with E-state index in [1.165, 1.54) is 25.3 Å². The Morgan fingerprint density at radius 2 is 2.12 bits per heavy atom. The second-order valence-electron chi connectivity index (χ2n) is 5.45. The van der Waals surface area contributed by atoms with Gasteiger partial charge in [0.25, 0.3) is 11.6 Å². The Labute approximate surface area is 142 Å². The number of ether oxygens (including phenoxy) is 1. The zero-order chi connectivity index (χ0) is 18.0. The molecule has 2 N–H and O–H groups in total. The SMILES string of the molecule is CC(=O)NC(=O)C1(c2ccccn2)COc2cccc([N+](=O)[O-])c2N1. The highest BCUT2D eigenvalue weighted by atomic mass is 16.6. The number of aromatic nitrogens is 1. The van der Waals surface area contributed by atoms with Crippen molar-refractivity contribution < 1.29 is 19.2 Å². The van der Waals surface area contributed by atoms with Crippen LogP contribution in [0.4, 0.5) is 11.4 Å². The zero-order valence-corrected chi connectivity index (χ0v) is 13.2. The molecule has 0 radical (unpaired) electrons. The molecule has 9 nitrogen and oxygen atoms in total. The molecule has 0 saturated carbocycles. The van der Waals surface area contributed by atoms with Crippen molar-refractivity contribution in [3.05, 3.63) is 58.4 Å². The molecule has 0 aliphatic carbocycles. The van der Waals surface area contributed by atoms with Gasteiger partial charge in [0.1, 0.15) is 12.4 Å². The van der Waals surface area contributed by atoms with Gasteiger partial charge in [-0.2, -0.15) is 0 Å². The van der Waals surface area contributed by atoms with E-state index in [1.807, 2.05) is 0 Å². The first-order valence-corrected chi connectivity index (χ1v) is 7.36. The van der Waals surface area contributed by atoms with Crippen LogP contribution in [-0.2, 0) is 15.1 Å². The van der Waals surface area contributed by atoms with Crippen molar-refractivity contribution in [2.75, 3.05) is 11.9 Å². The molecule has 9 heteroatoms. The maximum atomic E-state index is 12.7. The highest BCUT2D eigenvalue weighted by Crippen LogP contribution is 2.42. The Hall–Kier alpha value is -3.49. The molecular weight excluding hydrogens is 328 g/mol. The number of rotatable bonds is 3. The van der Waals surface area contributed by atoms with E-state index in [0.29, 0.717) is 0 Å². The quantitative estimate of drug-likeness (QED) is 0.637. The van der Waals surface area contributed by atoms with Crippen molar-refractivity contribution in [2.24, 2.45) is 0 Å². The van der Waals surface area contributed by atoms with Crippen LogP contribution in [0.15, 0.2) is 42.6 Å². The minimum Gasteiger partial charge on any atom is -0.488 e. The van der Waals surface area contributed by atoms with Crippen LogP contribution in [0.1, 0.15) is 12.6 Å². The van der Waals surface area contributed by atoms with E-state index in [1.54, 1.807) is 24.3 Å². The van der Waals surface area contributed by atoms with E-state index in [4.69, 9.17) is 4.74 Å². The molecule has 2 amide bonds. The third kappa shape index (κ3) is 2.87. The number of carbonyl (C=O) groups excluding carboxylic acids is 2. The summed E-state index contributed by atoms with van der Waals surface area (Å²) in [5.41, 5.74) is -1.49. The van der Waals surface area contributed by atoms with Crippen LogP contribution in [0.3, 0.4) is 0 Å². The van der Waals surface area contributed by atoms with Crippen molar-refractivity contribution in [3.63, 3.8) is 0 Å². The number of pyridine rings is 1. The first-order chi connectivity index (χ1) is 11.9. The smallest absolute Gasteiger partial charge is 0.296 e. The number of hydrogen-bond donors (Lipinski definition) is 2. The number of nitro groups is 1. The molecule has 2 aromatic rings. The first kappa shape index (κ1) is 16.4. The number of para-hydroxylation sites is 1. The van der Waals surface area contributed by atoms with Gasteiger partial charge in [-0.15, -0.1) is 0 Å². The van der Waals surface area contributed by atoms with Crippen molar-refractivity contribution in [1.82, 2.24) is 10.3 Å². The van der Waals surface area contributed by atoms with Crippen molar-refractivity contribution in [3.8, 4) is 5.75 Å². The molecule has 1 aliphatic heterocycles.